The third kappa shape index (κ3) is 50.3. The first-order valence-electron chi connectivity index (χ1n) is 7.03. The minimum absolute atomic E-state index is 0. The second kappa shape index (κ2) is 18.8. The van der Waals surface area contributed by atoms with Gasteiger partial charge in [0.25, 0.3) is 0 Å². The molecule has 0 saturated carbocycles. The van der Waals surface area contributed by atoms with Crippen molar-refractivity contribution in [3.05, 3.63) is 0 Å². The van der Waals surface area contributed by atoms with Crippen molar-refractivity contribution >= 4 is 17.9 Å². The zero-order chi connectivity index (χ0) is 17.6. The van der Waals surface area contributed by atoms with Crippen LogP contribution in [0.1, 0.15) is 60.8 Å². The van der Waals surface area contributed by atoms with Gasteiger partial charge < -0.3 is 15.3 Å². The summed E-state index contributed by atoms with van der Waals surface area (Å²) < 4.78 is 0. The summed E-state index contributed by atoms with van der Waals surface area (Å²) in [5, 5.41) is 24.3. The monoisotopic (exact) mass is 446 g/mol. The van der Waals surface area contributed by atoms with Crippen LogP contribution in [0, 0.1) is 59.5 Å². The first kappa shape index (κ1) is 29.8. The summed E-state index contributed by atoms with van der Waals surface area (Å²) in [6.45, 7) is 11.3. The molecule has 0 atom stereocenters. The zero-order valence-corrected chi connectivity index (χ0v) is 17.6. The Morgan fingerprint density at radius 2 is 0.727 bits per heavy atom. The summed E-state index contributed by atoms with van der Waals surface area (Å²) in [7, 11) is 0. The van der Waals surface area contributed by atoms with Crippen LogP contribution in [0.5, 0.6) is 0 Å². The number of hydrogen-bond donors (Lipinski definition) is 3. The molecule has 0 saturated heterocycles. The molecule has 0 fully saturated rings. The van der Waals surface area contributed by atoms with Crippen molar-refractivity contribution < 1.29 is 71.5 Å². The van der Waals surface area contributed by atoms with Crippen LogP contribution < -0.4 is 0 Å². The molecule has 0 amide bonds. The molecule has 7 heteroatoms. The molecule has 0 heterocycles. The summed E-state index contributed by atoms with van der Waals surface area (Å²) in [6, 6.07) is 0. The van der Waals surface area contributed by atoms with Crippen LogP contribution in [0.25, 0.3) is 0 Å². The molecule has 0 aliphatic heterocycles. The molecule has 0 aromatic heterocycles. The van der Waals surface area contributed by atoms with Gasteiger partial charge in [-0.1, -0.05) is 41.5 Å². The Hall–Kier alpha value is -0.213. The predicted molar refractivity (Wildman–Crippen MR) is 81.3 cm³/mol. The Balaban J connectivity index is -0.000000108. The fourth-order valence-electron chi connectivity index (χ4n) is 1.05. The molecular formula is C15H30CeO6. The Morgan fingerprint density at radius 1 is 0.591 bits per heavy atom. The minimum atomic E-state index is -0.713. The van der Waals surface area contributed by atoms with Crippen molar-refractivity contribution in [3.63, 3.8) is 0 Å². The van der Waals surface area contributed by atoms with E-state index >= 15 is 0 Å². The maximum Gasteiger partial charge on any atom is 0.303 e. The number of carboxylic acid groups (broad SMARTS) is 3. The van der Waals surface area contributed by atoms with Crippen molar-refractivity contribution in [1.29, 1.82) is 0 Å². The van der Waals surface area contributed by atoms with E-state index in [2.05, 4.69) is 0 Å². The average Bonchev–Trinajstić information content (AvgIpc) is 2.10. The molecular weight excluding hydrogens is 416 g/mol. The molecule has 0 unspecified atom stereocenters. The molecule has 0 aromatic rings. The van der Waals surface area contributed by atoms with Gasteiger partial charge >= 0.3 is 17.9 Å². The first-order chi connectivity index (χ1) is 9.38. The fraction of sp³-hybridized carbons (Fsp3) is 0.800. The standard InChI is InChI=1S/3C5H10O2.Ce/c3*1-4(2)3-5(6)7;/h3*4H,3H2,1-2H3,(H,6,7);. The van der Waals surface area contributed by atoms with Crippen molar-refractivity contribution in [3.8, 4) is 0 Å². The van der Waals surface area contributed by atoms with E-state index in [1.165, 1.54) is 0 Å². The molecule has 22 heavy (non-hydrogen) atoms. The van der Waals surface area contributed by atoms with Gasteiger partial charge in [-0.3, -0.25) is 14.4 Å². The summed E-state index contributed by atoms with van der Waals surface area (Å²) in [6.07, 6.45) is 0.833. The molecule has 130 valence electrons. The summed E-state index contributed by atoms with van der Waals surface area (Å²) >= 11 is 0. The molecule has 0 spiro atoms. The van der Waals surface area contributed by atoms with Crippen LogP contribution in [0.3, 0.4) is 0 Å². The number of aliphatic carboxylic acids is 3. The Labute approximate surface area is 167 Å². The van der Waals surface area contributed by atoms with Gasteiger partial charge in [0.05, 0.1) is 0 Å². The molecule has 6 nitrogen and oxygen atoms in total. The van der Waals surface area contributed by atoms with E-state index in [0.717, 1.165) is 0 Å². The predicted octanol–water partition coefficient (Wildman–Crippen LogP) is 3.35. The van der Waals surface area contributed by atoms with Crippen LogP contribution in [-0.4, -0.2) is 33.2 Å². The smallest absolute Gasteiger partial charge is 0.303 e. The maximum atomic E-state index is 9.81. The molecule has 0 aliphatic carbocycles. The van der Waals surface area contributed by atoms with Crippen molar-refractivity contribution in [2.45, 2.75) is 60.8 Å². The number of rotatable bonds is 6. The largest absolute Gasteiger partial charge is 0.481 e. The second-order valence-corrected chi connectivity index (χ2v) is 5.98. The number of carbonyl (C=O) groups is 3. The normalized spacial score (nSPS) is 9.14. The SMILES string of the molecule is CC(C)CC(=O)O.CC(C)CC(=O)O.CC(C)CC(=O)O.[Ce]. The van der Waals surface area contributed by atoms with E-state index < -0.39 is 17.9 Å². The molecule has 3 N–H and O–H groups in total. The number of carboxylic acids is 3. The van der Waals surface area contributed by atoms with Crippen LogP contribution in [0.4, 0.5) is 0 Å². The molecule has 0 aliphatic rings. The van der Waals surface area contributed by atoms with E-state index in [9.17, 15) is 14.4 Å². The third-order valence-corrected chi connectivity index (χ3v) is 1.75. The van der Waals surface area contributed by atoms with E-state index in [1.54, 1.807) is 0 Å². The van der Waals surface area contributed by atoms with Gasteiger partial charge in [-0.15, -0.1) is 0 Å². The van der Waals surface area contributed by atoms with Crippen molar-refractivity contribution in [1.82, 2.24) is 0 Å². The molecule has 0 aromatic carbocycles. The van der Waals surface area contributed by atoms with Gasteiger partial charge in [-0.2, -0.15) is 0 Å². The van der Waals surface area contributed by atoms with Crippen LogP contribution in [0.2, 0.25) is 0 Å². The maximum absolute atomic E-state index is 9.81. The van der Waals surface area contributed by atoms with Gasteiger partial charge in [0.15, 0.2) is 0 Å². The van der Waals surface area contributed by atoms with Crippen LogP contribution >= 0.6 is 0 Å². The number of hydrogen-bond acceptors (Lipinski definition) is 3. The van der Waals surface area contributed by atoms with Crippen molar-refractivity contribution in [2.75, 3.05) is 0 Å². The molecule has 0 rings (SSSR count). The van der Waals surface area contributed by atoms with Gasteiger partial charge in [-0.25, -0.2) is 0 Å². The quantitative estimate of drug-likeness (QED) is 0.577. The molecule has 0 bridgehead atoms. The first-order valence-corrected chi connectivity index (χ1v) is 7.03. The topological polar surface area (TPSA) is 112 Å². The van der Waals surface area contributed by atoms with E-state index in [-0.39, 0.29) is 78.8 Å². The fourth-order valence-corrected chi connectivity index (χ4v) is 1.05. The Bertz CT molecular complexity index is 253. The van der Waals surface area contributed by atoms with Gasteiger partial charge in [0, 0.05) is 61.0 Å². The second-order valence-electron chi connectivity index (χ2n) is 5.98. The van der Waals surface area contributed by atoms with Crippen LogP contribution in [0.15, 0.2) is 0 Å². The summed E-state index contributed by atoms with van der Waals surface area (Å²) in [4.78, 5) is 29.4. The van der Waals surface area contributed by atoms with Gasteiger partial charge in [0.2, 0.25) is 0 Å². The van der Waals surface area contributed by atoms with E-state index in [4.69, 9.17) is 15.3 Å². The van der Waals surface area contributed by atoms with Crippen LogP contribution in [-0.2, 0) is 14.4 Å². The zero-order valence-electron chi connectivity index (χ0n) is 14.4. The summed E-state index contributed by atoms with van der Waals surface area (Å²) in [5.74, 6) is -1.31. The van der Waals surface area contributed by atoms with Crippen molar-refractivity contribution in [2.24, 2.45) is 17.8 Å². The Kier molecular flexibility index (Phi) is 25.5. The van der Waals surface area contributed by atoms with Gasteiger partial charge in [-0.05, 0) is 17.8 Å². The molecule has 0 radical (unpaired) electrons. The minimum Gasteiger partial charge on any atom is -0.481 e. The Morgan fingerprint density at radius 3 is 0.727 bits per heavy atom. The third-order valence-electron chi connectivity index (χ3n) is 1.75. The summed E-state index contributed by atoms with van der Waals surface area (Å²) in [5.41, 5.74) is 0. The average molecular weight is 447 g/mol. The van der Waals surface area contributed by atoms with E-state index in [0.29, 0.717) is 0 Å². The van der Waals surface area contributed by atoms with E-state index in [1.807, 2.05) is 41.5 Å². The van der Waals surface area contributed by atoms with Gasteiger partial charge in [0.1, 0.15) is 0 Å².